The number of hydrogen-bond donors (Lipinski definition) is 1. The van der Waals surface area contributed by atoms with Gasteiger partial charge in [-0.25, -0.2) is 0 Å². The molecule has 1 aromatic rings. The van der Waals surface area contributed by atoms with E-state index < -0.39 is 0 Å². The van der Waals surface area contributed by atoms with Crippen LogP contribution in [0.15, 0.2) is 24.3 Å². The smallest absolute Gasteiger partial charge is 0.260 e. The second kappa shape index (κ2) is 8.19. The van der Waals surface area contributed by atoms with Gasteiger partial charge in [0, 0.05) is 13.1 Å². The van der Waals surface area contributed by atoms with Crippen molar-refractivity contribution in [2.45, 2.75) is 20.8 Å². The SMILES string of the molecule is CCNC(=O)CN(CC)C(=O)COc1ccc(C)cc1. The van der Waals surface area contributed by atoms with E-state index in [-0.39, 0.29) is 25.0 Å². The Morgan fingerprint density at radius 3 is 2.40 bits per heavy atom. The standard InChI is InChI=1S/C15H22N2O3/c1-4-16-14(18)10-17(5-2)15(19)11-20-13-8-6-12(3)7-9-13/h6-9H,4-5,10-11H2,1-3H3,(H,16,18). The van der Waals surface area contributed by atoms with E-state index in [9.17, 15) is 9.59 Å². The first kappa shape index (κ1) is 16.0. The molecule has 0 saturated carbocycles. The van der Waals surface area contributed by atoms with Crippen LogP contribution in [0.5, 0.6) is 5.75 Å². The highest BCUT2D eigenvalue weighted by Crippen LogP contribution is 2.11. The van der Waals surface area contributed by atoms with Crippen LogP contribution in [0.3, 0.4) is 0 Å². The number of ether oxygens (including phenoxy) is 1. The van der Waals surface area contributed by atoms with Crippen molar-refractivity contribution in [2.75, 3.05) is 26.2 Å². The van der Waals surface area contributed by atoms with Crippen LogP contribution in [0.1, 0.15) is 19.4 Å². The molecule has 5 nitrogen and oxygen atoms in total. The lowest BCUT2D eigenvalue weighted by Crippen LogP contribution is -2.42. The van der Waals surface area contributed by atoms with Crippen molar-refractivity contribution in [1.29, 1.82) is 0 Å². The zero-order valence-electron chi connectivity index (χ0n) is 12.3. The lowest BCUT2D eigenvalue weighted by Gasteiger charge is -2.20. The van der Waals surface area contributed by atoms with E-state index in [0.29, 0.717) is 18.8 Å². The Kier molecular flexibility index (Phi) is 6.56. The Labute approximate surface area is 119 Å². The molecule has 0 aliphatic rings. The first-order chi connectivity index (χ1) is 9.56. The van der Waals surface area contributed by atoms with Crippen molar-refractivity contribution >= 4 is 11.8 Å². The fraction of sp³-hybridized carbons (Fsp3) is 0.467. The van der Waals surface area contributed by atoms with E-state index >= 15 is 0 Å². The normalized spacial score (nSPS) is 9.95. The second-order valence-electron chi connectivity index (χ2n) is 4.46. The van der Waals surface area contributed by atoms with Crippen LogP contribution in [0, 0.1) is 6.92 Å². The van der Waals surface area contributed by atoms with Gasteiger partial charge in [0.05, 0.1) is 6.54 Å². The largest absolute Gasteiger partial charge is 0.484 e. The molecule has 0 unspecified atom stereocenters. The van der Waals surface area contributed by atoms with E-state index in [0.717, 1.165) is 5.56 Å². The van der Waals surface area contributed by atoms with Crippen LogP contribution in [-0.2, 0) is 9.59 Å². The third kappa shape index (κ3) is 5.30. The maximum atomic E-state index is 12.0. The summed E-state index contributed by atoms with van der Waals surface area (Å²) >= 11 is 0. The molecule has 0 atom stereocenters. The minimum absolute atomic E-state index is 0.0592. The van der Waals surface area contributed by atoms with Gasteiger partial charge < -0.3 is 15.0 Å². The Bertz CT molecular complexity index is 443. The zero-order valence-corrected chi connectivity index (χ0v) is 12.3. The third-order valence-electron chi connectivity index (χ3n) is 2.83. The summed E-state index contributed by atoms with van der Waals surface area (Å²) in [4.78, 5) is 24.9. The van der Waals surface area contributed by atoms with Crippen molar-refractivity contribution in [3.63, 3.8) is 0 Å². The molecule has 1 N–H and O–H groups in total. The molecule has 0 fully saturated rings. The molecular weight excluding hydrogens is 256 g/mol. The summed E-state index contributed by atoms with van der Waals surface area (Å²) < 4.78 is 5.42. The molecule has 0 spiro atoms. The number of nitrogens with one attached hydrogen (secondary N) is 1. The summed E-state index contributed by atoms with van der Waals surface area (Å²) in [6, 6.07) is 7.49. The molecule has 20 heavy (non-hydrogen) atoms. The van der Waals surface area contributed by atoms with Crippen molar-refractivity contribution in [3.05, 3.63) is 29.8 Å². The van der Waals surface area contributed by atoms with Crippen LogP contribution in [0.4, 0.5) is 0 Å². The molecular formula is C15H22N2O3. The van der Waals surface area contributed by atoms with Crippen molar-refractivity contribution in [1.82, 2.24) is 10.2 Å². The molecule has 2 amide bonds. The number of likely N-dealkylation sites (N-methyl/N-ethyl adjacent to an activating group) is 2. The molecule has 0 aromatic heterocycles. The van der Waals surface area contributed by atoms with Crippen LogP contribution >= 0.6 is 0 Å². The van der Waals surface area contributed by atoms with Gasteiger partial charge in [-0.05, 0) is 32.9 Å². The summed E-state index contributed by atoms with van der Waals surface area (Å²) in [5, 5.41) is 2.67. The Morgan fingerprint density at radius 2 is 1.85 bits per heavy atom. The highest BCUT2D eigenvalue weighted by molar-refractivity contribution is 5.85. The summed E-state index contributed by atoms with van der Waals surface area (Å²) in [7, 11) is 0. The molecule has 0 saturated heterocycles. The molecule has 0 bridgehead atoms. The number of rotatable bonds is 7. The van der Waals surface area contributed by atoms with E-state index in [1.54, 1.807) is 0 Å². The number of aryl methyl sites for hydroxylation is 1. The van der Waals surface area contributed by atoms with Gasteiger partial charge >= 0.3 is 0 Å². The first-order valence-electron chi connectivity index (χ1n) is 6.80. The Hall–Kier alpha value is -2.04. The molecule has 1 rings (SSSR count). The Balaban J connectivity index is 2.46. The van der Waals surface area contributed by atoms with Gasteiger partial charge in [-0.3, -0.25) is 9.59 Å². The number of nitrogens with zero attached hydrogens (tertiary/aromatic N) is 1. The number of carbonyl (C=O) groups excluding carboxylic acids is 2. The molecule has 5 heteroatoms. The van der Waals surface area contributed by atoms with Crippen LogP contribution < -0.4 is 10.1 Å². The molecule has 0 radical (unpaired) electrons. The summed E-state index contributed by atoms with van der Waals surface area (Å²) in [5.41, 5.74) is 1.13. The summed E-state index contributed by atoms with van der Waals surface area (Å²) in [5.74, 6) is 0.301. The van der Waals surface area contributed by atoms with Gasteiger partial charge in [-0.2, -0.15) is 0 Å². The maximum Gasteiger partial charge on any atom is 0.260 e. The van der Waals surface area contributed by atoms with Gasteiger partial charge in [-0.15, -0.1) is 0 Å². The monoisotopic (exact) mass is 278 g/mol. The van der Waals surface area contributed by atoms with Crippen molar-refractivity contribution in [2.24, 2.45) is 0 Å². The van der Waals surface area contributed by atoms with E-state index in [4.69, 9.17) is 4.74 Å². The number of benzene rings is 1. The average Bonchev–Trinajstić information content (AvgIpc) is 2.44. The van der Waals surface area contributed by atoms with Gasteiger partial charge in [0.25, 0.3) is 5.91 Å². The van der Waals surface area contributed by atoms with E-state index in [2.05, 4.69) is 5.32 Å². The highest BCUT2D eigenvalue weighted by atomic mass is 16.5. The molecule has 0 heterocycles. The molecule has 0 aliphatic heterocycles. The predicted octanol–water partition coefficient (Wildman–Crippen LogP) is 1.36. The average molecular weight is 278 g/mol. The van der Waals surface area contributed by atoms with E-state index in [1.165, 1.54) is 4.90 Å². The van der Waals surface area contributed by atoms with Gasteiger partial charge in [0.2, 0.25) is 5.91 Å². The van der Waals surface area contributed by atoms with Crippen molar-refractivity contribution < 1.29 is 14.3 Å². The molecule has 0 aliphatic carbocycles. The quantitative estimate of drug-likeness (QED) is 0.819. The van der Waals surface area contributed by atoms with Crippen molar-refractivity contribution in [3.8, 4) is 5.75 Å². The number of amides is 2. The van der Waals surface area contributed by atoms with E-state index in [1.807, 2.05) is 45.0 Å². The zero-order chi connectivity index (χ0) is 15.0. The highest BCUT2D eigenvalue weighted by Gasteiger charge is 2.15. The Morgan fingerprint density at radius 1 is 1.20 bits per heavy atom. The van der Waals surface area contributed by atoms with Crippen LogP contribution in [0.2, 0.25) is 0 Å². The van der Waals surface area contributed by atoms with Crippen LogP contribution in [0.25, 0.3) is 0 Å². The minimum Gasteiger partial charge on any atom is -0.484 e. The fourth-order valence-electron chi connectivity index (χ4n) is 1.67. The van der Waals surface area contributed by atoms with Gasteiger partial charge in [0.15, 0.2) is 6.61 Å². The topological polar surface area (TPSA) is 58.6 Å². The lowest BCUT2D eigenvalue weighted by atomic mass is 10.2. The molecule has 110 valence electrons. The second-order valence-corrected chi connectivity index (χ2v) is 4.46. The van der Waals surface area contributed by atoms with Crippen LogP contribution in [-0.4, -0.2) is 43.0 Å². The fourth-order valence-corrected chi connectivity index (χ4v) is 1.67. The first-order valence-corrected chi connectivity index (χ1v) is 6.80. The lowest BCUT2D eigenvalue weighted by molar-refractivity contribution is -0.137. The summed E-state index contributed by atoms with van der Waals surface area (Å²) in [6.07, 6.45) is 0. The predicted molar refractivity (Wildman–Crippen MR) is 77.6 cm³/mol. The van der Waals surface area contributed by atoms with Gasteiger partial charge in [0.1, 0.15) is 5.75 Å². The minimum atomic E-state index is -0.195. The third-order valence-corrected chi connectivity index (χ3v) is 2.83. The number of hydrogen-bond acceptors (Lipinski definition) is 3. The maximum absolute atomic E-state index is 12.0. The summed E-state index contributed by atoms with van der Waals surface area (Å²) in [6.45, 7) is 6.72. The molecule has 1 aromatic carbocycles. The van der Waals surface area contributed by atoms with Gasteiger partial charge in [-0.1, -0.05) is 17.7 Å². The number of carbonyl (C=O) groups is 2.